The fraction of sp³-hybridized carbons (Fsp3) is 0.400. The van der Waals surface area contributed by atoms with Crippen molar-refractivity contribution in [3.05, 3.63) is 35.5 Å². The van der Waals surface area contributed by atoms with Gasteiger partial charge in [-0.25, -0.2) is 0 Å². The molecule has 0 fully saturated rings. The summed E-state index contributed by atoms with van der Waals surface area (Å²) in [4.78, 5) is 0. The topological polar surface area (TPSA) is 0 Å². The second-order valence-electron chi connectivity index (χ2n) is 2.74. The van der Waals surface area contributed by atoms with E-state index in [2.05, 4.69) is 38.2 Å². The molecular weight excluding hydrogens is 120 g/mol. The first kappa shape index (κ1) is 7.33. The summed E-state index contributed by atoms with van der Waals surface area (Å²) in [5.74, 6) is 0. The Morgan fingerprint density at radius 1 is 1.60 bits per heavy atom. The minimum Gasteiger partial charge on any atom is -0.0855 e. The van der Waals surface area contributed by atoms with E-state index in [0.717, 1.165) is 12.8 Å². The first-order valence-electron chi connectivity index (χ1n) is 3.86. The van der Waals surface area contributed by atoms with Gasteiger partial charge in [0.25, 0.3) is 0 Å². The molecule has 0 aromatic heterocycles. The van der Waals surface area contributed by atoms with Crippen LogP contribution in [0.3, 0.4) is 0 Å². The lowest BCUT2D eigenvalue weighted by Crippen LogP contribution is -1.86. The molecule has 1 aliphatic rings. The van der Waals surface area contributed by atoms with Crippen LogP contribution in [0.4, 0.5) is 0 Å². The lowest BCUT2D eigenvalue weighted by atomic mass is 10.00. The van der Waals surface area contributed by atoms with Gasteiger partial charge in [0.2, 0.25) is 0 Å². The second-order valence-corrected chi connectivity index (χ2v) is 2.74. The number of hydrogen-bond acceptors (Lipinski definition) is 0. The van der Waals surface area contributed by atoms with Crippen molar-refractivity contribution in [2.24, 2.45) is 0 Å². The van der Waals surface area contributed by atoms with Crippen LogP contribution in [-0.2, 0) is 0 Å². The lowest BCUT2D eigenvalue weighted by molar-refractivity contribution is 1.08. The summed E-state index contributed by atoms with van der Waals surface area (Å²) in [6.07, 6.45) is 11.0. The van der Waals surface area contributed by atoms with Gasteiger partial charge in [-0.2, -0.15) is 0 Å². The van der Waals surface area contributed by atoms with Crippen LogP contribution in [0.2, 0.25) is 0 Å². The molecule has 0 aliphatic heterocycles. The zero-order valence-electron chi connectivity index (χ0n) is 6.72. The largest absolute Gasteiger partial charge is 0.0855 e. The van der Waals surface area contributed by atoms with Crippen molar-refractivity contribution in [2.45, 2.75) is 26.7 Å². The van der Waals surface area contributed by atoms with E-state index in [1.807, 2.05) is 0 Å². The van der Waals surface area contributed by atoms with Crippen LogP contribution in [0.5, 0.6) is 0 Å². The van der Waals surface area contributed by atoms with Gasteiger partial charge in [0.15, 0.2) is 0 Å². The highest BCUT2D eigenvalue weighted by Gasteiger charge is 1.97. The molecule has 0 saturated heterocycles. The SMILES string of the molecule is CCC=C(C)CC1=CC=C1. The average molecular weight is 134 g/mol. The Kier molecular flexibility index (Phi) is 2.49. The van der Waals surface area contributed by atoms with Crippen molar-refractivity contribution in [1.82, 2.24) is 0 Å². The first-order valence-corrected chi connectivity index (χ1v) is 3.86. The summed E-state index contributed by atoms with van der Waals surface area (Å²) in [6.45, 7) is 4.37. The molecule has 0 spiro atoms. The molecule has 10 heavy (non-hydrogen) atoms. The fourth-order valence-electron chi connectivity index (χ4n) is 1.09. The third-order valence-corrected chi connectivity index (χ3v) is 1.66. The highest BCUT2D eigenvalue weighted by atomic mass is 14.0. The molecule has 0 atom stereocenters. The summed E-state index contributed by atoms with van der Waals surface area (Å²) in [7, 11) is 0. The highest BCUT2D eigenvalue weighted by molar-refractivity contribution is 5.37. The smallest absolute Gasteiger partial charge is 0.00699 e. The molecule has 1 aliphatic carbocycles. The molecule has 54 valence electrons. The van der Waals surface area contributed by atoms with Crippen LogP contribution in [0, 0.1) is 0 Å². The van der Waals surface area contributed by atoms with Gasteiger partial charge in [0.1, 0.15) is 0 Å². The van der Waals surface area contributed by atoms with Crippen LogP contribution in [0.15, 0.2) is 35.5 Å². The van der Waals surface area contributed by atoms with Gasteiger partial charge in [-0.05, 0) is 25.3 Å². The molecule has 0 amide bonds. The Hall–Kier alpha value is -0.780. The minimum atomic E-state index is 1.14. The minimum absolute atomic E-state index is 1.14. The normalized spacial score (nSPS) is 16.6. The van der Waals surface area contributed by atoms with Gasteiger partial charge in [-0.1, -0.05) is 36.8 Å². The van der Waals surface area contributed by atoms with Crippen LogP contribution in [-0.4, -0.2) is 0 Å². The molecule has 0 N–H and O–H groups in total. The lowest BCUT2D eigenvalue weighted by Gasteiger charge is -2.06. The Balaban J connectivity index is 2.30. The van der Waals surface area contributed by atoms with Gasteiger partial charge < -0.3 is 0 Å². The first-order chi connectivity index (χ1) is 4.83. The second kappa shape index (κ2) is 3.40. The Morgan fingerprint density at radius 2 is 2.30 bits per heavy atom. The molecule has 0 heteroatoms. The van der Waals surface area contributed by atoms with Crippen LogP contribution in [0.25, 0.3) is 0 Å². The molecule has 0 aromatic carbocycles. The number of hydrogen-bond donors (Lipinski definition) is 0. The van der Waals surface area contributed by atoms with Gasteiger partial charge in [-0.3, -0.25) is 0 Å². The van der Waals surface area contributed by atoms with Crippen LogP contribution in [0.1, 0.15) is 26.7 Å². The van der Waals surface area contributed by atoms with Crippen molar-refractivity contribution < 1.29 is 0 Å². The van der Waals surface area contributed by atoms with Gasteiger partial charge in [0.05, 0.1) is 0 Å². The zero-order valence-corrected chi connectivity index (χ0v) is 6.72. The van der Waals surface area contributed by atoms with Crippen molar-refractivity contribution >= 4 is 0 Å². The molecule has 0 radical (unpaired) electrons. The molecular formula is C10H14. The molecule has 0 bridgehead atoms. The van der Waals surface area contributed by atoms with Gasteiger partial charge in [-0.15, -0.1) is 0 Å². The molecule has 0 unspecified atom stereocenters. The van der Waals surface area contributed by atoms with E-state index in [1.165, 1.54) is 11.1 Å². The van der Waals surface area contributed by atoms with E-state index in [4.69, 9.17) is 0 Å². The highest BCUT2D eigenvalue weighted by Crippen LogP contribution is 2.17. The molecule has 0 saturated carbocycles. The van der Waals surface area contributed by atoms with E-state index in [9.17, 15) is 0 Å². The molecule has 0 aromatic rings. The predicted molar refractivity (Wildman–Crippen MR) is 45.9 cm³/mol. The molecule has 0 nitrogen and oxygen atoms in total. The summed E-state index contributed by atoms with van der Waals surface area (Å²) >= 11 is 0. The standard InChI is InChI=1S/C10H14/c1-3-5-9(2)8-10-6-4-7-10/h4-7H,3,8H2,1-2H3. The maximum Gasteiger partial charge on any atom is -0.00699 e. The summed E-state index contributed by atoms with van der Waals surface area (Å²) in [5, 5.41) is 0. The third-order valence-electron chi connectivity index (χ3n) is 1.66. The Bertz CT molecular complexity index is 192. The Labute approximate surface area is 62.9 Å². The number of allylic oxidation sites excluding steroid dienone is 6. The Morgan fingerprint density at radius 3 is 2.70 bits per heavy atom. The van der Waals surface area contributed by atoms with Crippen molar-refractivity contribution in [1.29, 1.82) is 0 Å². The van der Waals surface area contributed by atoms with E-state index in [1.54, 1.807) is 0 Å². The monoisotopic (exact) mass is 134 g/mol. The quantitative estimate of drug-likeness (QED) is 0.520. The van der Waals surface area contributed by atoms with Crippen LogP contribution >= 0.6 is 0 Å². The van der Waals surface area contributed by atoms with E-state index in [-0.39, 0.29) is 0 Å². The van der Waals surface area contributed by atoms with Gasteiger partial charge >= 0.3 is 0 Å². The summed E-state index contributed by atoms with van der Waals surface area (Å²) in [6, 6.07) is 0. The summed E-state index contributed by atoms with van der Waals surface area (Å²) < 4.78 is 0. The maximum absolute atomic E-state index is 2.28. The van der Waals surface area contributed by atoms with Crippen LogP contribution < -0.4 is 0 Å². The van der Waals surface area contributed by atoms with Crippen molar-refractivity contribution in [2.75, 3.05) is 0 Å². The molecule has 1 rings (SSSR count). The number of rotatable bonds is 3. The van der Waals surface area contributed by atoms with Crippen molar-refractivity contribution in [3.8, 4) is 0 Å². The van der Waals surface area contributed by atoms with E-state index in [0.29, 0.717) is 0 Å². The fourth-order valence-corrected chi connectivity index (χ4v) is 1.09. The van der Waals surface area contributed by atoms with E-state index < -0.39 is 0 Å². The van der Waals surface area contributed by atoms with Crippen molar-refractivity contribution in [3.63, 3.8) is 0 Å². The predicted octanol–water partition coefficient (Wildman–Crippen LogP) is 3.23. The average Bonchev–Trinajstić information content (AvgIpc) is 1.80. The molecule has 0 heterocycles. The maximum atomic E-state index is 2.28. The van der Waals surface area contributed by atoms with E-state index >= 15 is 0 Å². The summed E-state index contributed by atoms with van der Waals surface area (Å²) in [5.41, 5.74) is 2.94. The zero-order chi connectivity index (χ0) is 7.40. The van der Waals surface area contributed by atoms with Gasteiger partial charge in [0, 0.05) is 0 Å². The third kappa shape index (κ3) is 1.87.